The fraction of sp³-hybridized carbons (Fsp3) is 1.00. The van der Waals surface area contributed by atoms with Crippen molar-refractivity contribution >= 4 is 0 Å². The molecule has 0 radical (unpaired) electrons. The second kappa shape index (κ2) is 11.0. The van der Waals surface area contributed by atoms with Gasteiger partial charge in [-0.1, -0.05) is 33.1 Å². The Balaban J connectivity index is 1.43. The maximum Gasteiger partial charge on any atom is 0.0936 e. The molecule has 0 aromatic rings. The quantitative estimate of drug-likeness (QED) is 0.438. The van der Waals surface area contributed by atoms with Gasteiger partial charge in [-0.25, -0.2) is 0 Å². The van der Waals surface area contributed by atoms with E-state index < -0.39 is 0 Å². The van der Waals surface area contributed by atoms with Gasteiger partial charge in [0, 0.05) is 26.2 Å². The van der Waals surface area contributed by atoms with Gasteiger partial charge in [0.15, 0.2) is 0 Å². The lowest BCUT2D eigenvalue weighted by atomic mass is 9.80. The zero-order chi connectivity index (χ0) is 18.2. The van der Waals surface area contributed by atoms with E-state index in [2.05, 4.69) is 23.6 Å². The van der Waals surface area contributed by atoms with E-state index in [0.717, 1.165) is 25.0 Å². The Bertz CT molecular complexity index is 350. The Morgan fingerprint density at radius 1 is 0.731 bits per heavy atom. The van der Waals surface area contributed by atoms with Crippen LogP contribution in [0.1, 0.15) is 65.2 Å². The molecule has 0 spiro atoms. The molecule has 2 saturated heterocycles. The van der Waals surface area contributed by atoms with E-state index in [0.29, 0.717) is 12.2 Å². The van der Waals surface area contributed by atoms with Crippen LogP contribution in [-0.2, 0) is 9.47 Å². The minimum Gasteiger partial charge on any atom is -0.372 e. The number of rotatable bonds is 14. The van der Waals surface area contributed by atoms with Crippen LogP contribution in [0.5, 0.6) is 0 Å². The van der Waals surface area contributed by atoms with Crippen molar-refractivity contribution in [2.75, 3.05) is 52.5 Å². The Morgan fingerprint density at radius 3 is 1.58 bits per heavy atom. The topological polar surface area (TPSA) is 31.5 Å². The third-order valence-electron chi connectivity index (χ3n) is 6.31. The maximum atomic E-state index is 5.50. The lowest BCUT2D eigenvalue weighted by Crippen LogP contribution is -2.38. The van der Waals surface area contributed by atoms with Crippen LogP contribution in [0.15, 0.2) is 0 Å². The second-order valence-electron chi connectivity index (χ2n) is 9.04. The van der Waals surface area contributed by atoms with Crippen LogP contribution >= 0.6 is 0 Å². The van der Waals surface area contributed by atoms with Crippen LogP contribution in [0.25, 0.3) is 0 Å². The van der Waals surface area contributed by atoms with Gasteiger partial charge in [0.05, 0.1) is 25.4 Å². The molecule has 1 saturated carbocycles. The monoisotopic (exact) mass is 366 g/mol. The van der Waals surface area contributed by atoms with E-state index in [1.807, 2.05) is 0 Å². The molecule has 0 bridgehead atoms. The number of unbranched alkanes of at least 4 members (excludes halogenated alkanes) is 2. The molecule has 2 aliphatic heterocycles. The summed E-state index contributed by atoms with van der Waals surface area (Å²) < 4.78 is 11.0. The van der Waals surface area contributed by atoms with Crippen molar-refractivity contribution in [3.63, 3.8) is 0 Å². The van der Waals surface area contributed by atoms with Crippen LogP contribution in [0.2, 0.25) is 0 Å². The average Bonchev–Trinajstić information content (AvgIpc) is 3.54. The van der Waals surface area contributed by atoms with E-state index in [4.69, 9.17) is 9.47 Å². The van der Waals surface area contributed by atoms with Gasteiger partial charge in [-0.05, 0) is 57.0 Å². The largest absolute Gasteiger partial charge is 0.372 e. The van der Waals surface area contributed by atoms with Gasteiger partial charge in [0.25, 0.3) is 0 Å². The van der Waals surface area contributed by atoms with Gasteiger partial charge >= 0.3 is 0 Å². The van der Waals surface area contributed by atoms with Gasteiger partial charge in [0.2, 0.25) is 0 Å². The van der Waals surface area contributed by atoms with E-state index in [1.165, 1.54) is 90.6 Å². The summed E-state index contributed by atoms with van der Waals surface area (Å²) in [5.74, 6) is 1.80. The molecule has 0 N–H and O–H groups in total. The van der Waals surface area contributed by atoms with Crippen LogP contribution in [-0.4, -0.2) is 74.5 Å². The first-order chi connectivity index (χ1) is 12.8. The van der Waals surface area contributed by atoms with E-state index in [9.17, 15) is 0 Å². The van der Waals surface area contributed by atoms with Gasteiger partial charge < -0.3 is 19.3 Å². The first-order valence-corrected chi connectivity index (χ1v) is 11.4. The minimum absolute atomic E-state index is 0.536. The van der Waals surface area contributed by atoms with Gasteiger partial charge in [-0.2, -0.15) is 0 Å². The highest BCUT2D eigenvalue weighted by Gasteiger charge is 2.30. The van der Waals surface area contributed by atoms with E-state index in [1.54, 1.807) is 0 Å². The van der Waals surface area contributed by atoms with E-state index >= 15 is 0 Å². The molecule has 2 heterocycles. The minimum atomic E-state index is 0.536. The molecule has 0 aromatic heterocycles. The molecule has 0 amide bonds. The summed E-state index contributed by atoms with van der Waals surface area (Å²) in [6.07, 6.45) is 12.1. The number of hydrogen-bond donors (Lipinski definition) is 0. The predicted molar refractivity (Wildman–Crippen MR) is 108 cm³/mol. The number of ether oxygens (including phenoxy) is 2. The lowest BCUT2D eigenvalue weighted by Gasteiger charge is -2.35. The van der Waals surface area contributed by atoms with Crippen molar-refractivity contribution in [3.8, 4) is 0 Å². The van der Waals surface area contributed by atoms with Crippen LogP contribution in [0, 0.1) is 11.8 Å². The average molecular weight is 367 g/mol. The molecular formula is C22H42N2O2. The number of epoxide rings is 2. The standard InChI is InChI=1S/C22H42N2O2/c1-3-5-10-23(15-21-17-25-21)13-19-8-7-9-20(12-19)14-24(11-6-4-2)16-22-18-26-22/h19-22H,3-18H2,1-2H3. The zero-order valence-corrected chi connectivity index (χ0v) is 17.3. The third-order valence-corrected chi connectivity index (χ3v) is 6.31. The molecular weight excluding hydrogens is 324 g/mol. The molecule has 3 aliphatic rings. The second-order valence-corrected chi connectivity index (χ2v) is 9.04. The zero-order valence-electron chi connectivity index (χ0n) is 17.3. The lowest BCUT2D eigenvalue weighted by molar-refractivity contribution is 0.132. The fourth-order valence-corrected chi connectivity index (χ4v) is 4.66. The summed E-state index contributed by atoms with van der Waals surface area (Å²) in [5.41, 5.74) is 0. The van der Waals surface area contributed by atoms with Crippen molar-refractivity contribution < 1.29 is 9.47 Å². The summed E-state index contributed by atoms with van der Waals surface area (Å²) in [7, 11) is 0. The summed E-state index contributed by atoms with van der Waals surface area (Å²) in [5, 5.41) is 0. The van der Waals surface area contributed by atoms with Crippen molar-refractivity contribution in [2.24, 2.45) is 11.8 Å². The Labute approximate surface area is 161 Å². The Kier molecular flexibility index (Phi) is 8.70. The smallest absolute Gasteiger partial charge is 0.0936 e. The number of nitrogens with zero attached hydrogens (tertiary/aromatic N) is 2. The Hall–Kier alpha value is -0.160. The highest BCUT2D eigenvalue weighted by molar-refractivity contribution is 4.82. The molecule has 1 aliphatic carbocycles. The summed E-state index contributed by atoms with van der Waals surface area (Å²) in [4.78, 5) is 5.42. The third kappa shape index (κ3) is 7.84. The highest BCUT2D eigenvalue weighted by atomic mass is 16.6. The van der Waals surface area contributed by atoms with Crippen molar-refractivity contribution in [3.05, 3.63) is 0 Å². The molecule has 3 rings (SSSR count). The summed E-state index contributed by atoms with van der Waals surface area (Å²) in [6, 6.07) is 0. The van der Waals surface area contributed by atoms with Gasteiger partial charge in [-0.3, -0.25) is 0 Å². The molecule has 4 heteroatoms. The van der Waals surface area contributed by atoms with Gasteiger partial charge in [0.1, 0.15) is 0 Å². The summed E-state index contributed by atoms with van der Waals surface area (Å²) in [6.45, 7) is 14.1. The van der Waals surface area contributed by atoms with Crippen LogP contribution in [0.3, 0.4) is 0 Å². The first kappa shape index (κ1) is 20.6. The molecule has 4 unspecified atom stereocenters. The maximum absolute atomic E-state index is 5.50. The first-order valence-electron chi connectivity index (χ1n) is 11.4. The summed E-state index contributed by atoms with van der Waals surface area (Å²) >= 11 is 0. The fourth-order valence-electron chi connectivity index (χ4n) is 4.66. The SMILES string of the molecule is CCCCN(CC1CCCC(CN(CCCC)CC2CO2)C1)CC1CO1. The highest BCUT2D eigenvalue weighted by Crippen LogP contribution is 2.31. The van der Waals surface area contributed by atoms with Crippen molar-refractivity contribution in [1.29, 1.82) is 0 Å². The molecule has 0 aromatic carbocycles. The van der Waals surface area contributed by atoms with Crippen LogP contribution < -0.4 is 0 Å². The predicted octanol–water partition coefficient (Wildman–Crippen LogP) is 3.79. The van der Waals surface area contributed by atoms with Crippen molar-refractivity contribution in [2.45, 2.75) is 77.4 Å². The molecule has 3 fully saturated rings. The Morgan fingerprint density at radius 2 is 1.19 bits per heavy atom. The van der Waals surface area contributed by atoms with Crippen molar-refractivity contribution in [1.82, 2.24) is 9.80 Å². The number of hydrogen-bond acceptors (Lipinski definition) is 4. The van der Waals surface area contributed by atoms with Gasteiger partial charge in [-0.15, -0.1) is 0 Å². The normalized spacial score (nSPS) is 30.9. The molecule has 26 heavy (non-hydrogen) atoms. The van der Waals surface area contributed by atoms with E-state index in [-0.39, 0.29) is 0 Å². The molecule has 152 valence electrons. The molecule has 4 nitrogen and oxygen atoms in total. The van der Waals surface area contributed by atoms with Crippen LogP contribution in [0.4, 0.5) is 0 Å². The molecule has 4 atom stereocenters.